The molecule has 1 heterocycles. The quantitative estimate of drug-likeness (QED) is 0.685. The normalized spacial score (nSPS) is 11.8. The number of benzene rings is 2. The number of carbonyl (C=O) groups excluding carboxylic acids is 1. The number of nitrogens with one attached hydrogen (secondary N) is 1. The van der Waals surface area contributed by atoms with Gasteiger partial charge >= 0.3 is 0 Å². The Kier molecular flexibility index (Phi) is 5.63. The van der Waals surface area contributed by atoms with Crippen LogP contribution in [0.25, 0.3) is 0 Å². The number of amides is 1. The first-order valence-corrected chi connectivity index (χ1v) is 8.88. The summed E-state index contributed by atoms with van der Waals surface area (Å²) in [7, 11) is 0. The van der Waals surface area contributed by atoms with Gasteiger partial charge in [0.15, 0.2) is 18.2 Å². The topological polar surface area (TPSA) is 38.3 Å². The highest BCUT2D eigenvalue weighted by molar-refractivity contribution is 7.10. The predicted octanol–water partition coefficient (Wildman–Crippen LogP) is 4.62. The first kappa shape index (κ1) is 18.1. The van der Waals surface area contributed by atoms with E-state index >= 15 is 0 Å². The fraction of sp³-hybridized carbons (Fsp3) is 0.150. The summed E-state index contributed by atoms with van der Waals surface area (Å²) in [4.78, 5) is 13.3. The highest BCUT2D eigenvalue weighted by Crippen LogP contribution is 2.26. The molecule has 1 amide bonds. The molecule has 2 aromatic carbocycles. The Morgan fingerprint density at radius 1 is 1.15 bits per heavy atom. The van der Waals surface area contributed by atoms with Gasteiger partial charge in [-0.15, -0.1) is 11.3 Å². The third kappa shape index (κ3) is 4.46. The van der Waals surface area contributed by atoms with Crippen LogP contribution in [0, 0.1) is 18.6 Å². The van der Waals surface area contributed by atoms with Crippen molar-refractivity contribution in [2.45, 2.75) is 13.0 Å². The molecular weight excluding hydrogens is 356 g/mol. The van der Waals surface area contributed by atoms with Crippen LogP contribution in [0.15, 0.2) is 60.0 Å². The predicted molar refractivity (Wildman–Crippen MR) is 97.3 cm³/mol. The number of hydrogen-bond donors (Lipinski definition) is 1. The lowest BCUT2D eigenvalue weighted by Gasteiger charge is -2.18. The van der Waals surface area contributed by atoms with E-state index in [4.69, 9.17) is 4.74 Å². The average Bonchev–Trinajstić information content (AvgIpc) is 3.14. The third-order valence-electron chi connectivity index (χ3n) is 3.80. The number of carbonyl (C=O) groups is 1. The van der Waals surface area contributed by atoms with Gasteiger partial charge in [0.05, 0.1) is 6.04 Å². The molecule has 26 heavy (non-hydrogen) atoms. The van der Waals surface area contributed by atoms with Gasteiger partial charge < -0.3 is 10.1 Å². The zero-order valence-electron chi connectivity index (χ0n) is 14.0. The summed E-state index contributed by atoms with van der Waals surface area (Å²) in [6, 6.07) is 14.4. The van der Waals surface area contributed by atoms with Crippen LogP contribution >= 0.6 is 11.3 Å². The number of ether oxygens (including phenoxy) is 1. The minimum atomic E-state index is -0.842. The maximum absolute atomic E-state index is 13.6. The Morgan fingerprint density at radius 3 is 2.58 bits per heavy atom. The molecule has 1 aromatic heterocycles. The number of rotatable bonds is 6. The van der Waals surface area contributed by atoms with Gasteiger partial charge in [-0.25, -0.2) is 8.78 Å². The number of aryl methyl sites for hydroxylation is 1. The molecule has 3 nitrogen and oxygen atoms in total. The second-order valence-electron chi connectivity index (χ2n) is 5.79. The molecule has 134 valence electrons. The van der Waals surface area contributed by atoms with E-state index in [2.05, 4.69) is 5.32 Å². The van der Waals surface area contributed by atoms with Crippen molar-refractivity contribution in [3.05, 3.63) is 87.6 Å². The maximum atomic E-state index is 13.6. The van der Waals surface area contributed by atoms with E-state index in [0.29, 0.717) is 6.07 Å². The van der Waals surface area contributed by atoms with Crippen LogP contribution in [0.5, 0.6) is 5.75 Å². The first-order chi connectivity index (χ1) is 12.5. The van der Waals surface area contributed by atoms with Crippen molar-refractivity contribution in [3.63, 3.8) is 0 Å². The van der Waals surface area contributed by atoms with Crippen LogP contribution in [0.3, 0.4) is 0 Å². The van der Waals surface area contributed by atoms with Crippen molar-refractivity contribution >= 4 is 17.2 Å². The van der Waals surface area contributed by atoms with Gasteiger partial charge in [0, 0.05) is 10.9 Å². The lowest BCUT2D eigenvalue weighted by molar-refractivity contribution is -0.123. The van der Waals surface area contributed by atoms with Crippen molar-refractivity contribution in [2.75, 3.05) is 6.61 Å². The van der Waals surface area contributed by atoms with Crippen molar-refractivity contribution in [2.24, 2.45) is 0 Å². The molecule has 3 aromatic rings. The SMILES string of the molecule is Cc1ccc(C(NC(=O)COc2ccc(F)cc2F)c2cccs2)cc1. The first-order valence-electron chi connectivity index (χ1n) is 8.00. The van der Waals surface area contributed by atoms with Crippen LogP contribution < -0.4 is 10.1 Å². The second kappa shape index (κ2) is 8.10. The molecule has 1 atom stereocenters. The zero-order chi connectivity index (χ0) is 18.5. The lowest BCUT2D eigenvalue weighted by Crippen LogP contribution is -2.33. The molecule has 0 bridgehead atoms. The van der Waals surface area contributed by atoms with Gasteiger partial charge in [0.2, 0.25) is 0 Å². The van der Waals surface area contributed by atoms with E-state index < -0.39 is 17.5 Å². The highest BCUT2D eigenvalue weighted by atomic mass is 32.1. The third-order valence-corrected chi connectivity index (χ3v) is 4.73. The van der Waals surface area contributed by atoms with Crippen molar-refractivity contribution in [1.29, 1.82) is 0 Å². The summed E-state index contributed by atoms with van der Waals surface area (Å²) >= 11 is 1.53. The van der Waals surface area contributed by atoms with Crippen LogP contribution in [-0.2, 0) is 4.79 Å². The van der Waals surface area contributed by atoms with E-state index in [1.54, 1.807) is 0 Å². The highest BCUT2D eigenvalue weighted by Gasteiger charge is 2.18. The molecule has 0 saturated carbocycles. The Bertz CT molecular complexity index is 879. The number of thiophene rings is 1. The van der Waals surface area contributed by atoms with E-state index in [0.717, 1.165) is 28.1 Å². The number of halogens is 2. The summed E-state index contributed by atoms with van der Waals surface area (Å²) in [5.41, 5.74) is 2.07. The molecule has 0 aliphatic heterocycles. The Labute approximate surface area is 154 Å². The lowest BCUT2D eigenvalue weighted by atomic mass is 10.0. The van der Waals surface area contributed by atoms with Crippen LogP contribution in [0.4, 0.5) is 8.78 Å². The summed E-state index contributed by atoms with van der Waals surface area (Å²) in [5, 5.41) is 4.84. The van der Waals surface area contributed by atoms with Crippen molar-refractivity contribution in [1.82, 2.24) is 5.32 Å². The molecule has 0 aliphatic rings. The van der Waals surface area contributed by atoms with E-state index in [1.165, 1.54) is 11.3 Å². The zero-order valence-corrected chi connectivity index (χ0v) is 14.9. The molecule has 1 N–H and O–H groups in total. The monoisotopic (exact) mass is 373 g/mol. The largest absolute Gasteiger partial charge is 0.481 e. The summed E-state index contributed by atoms with van der Waals surface area (Å²) in [5.74, 6) is -2.10. The van der Waals surface area contributed by atoms with Gasteiger partial charge in [0.1, 0.15) is 5.82 Å². The van der Waals surface area contributed by atoms with Crippen molar-refractivity contribution in [3.8, 4) is 5.75 Å². The molecule has 6 heteroatoms. The summed E-state index contributed by atoms with van der Waals surface area (Å²) in [6.45, 7) is 1.63. The van der Waals surface area contributed by atoms with Gasteiger partial charge in [0.25, 0.3) is 5.91 Å². The van der Waals surface area contributed by atoms with E-state index in [-0.39, 0.29) is 18.4 Å². The summed E-state index contributed by atoms with van der Waals surface area (Å²) in [6.07, 6.45) is 0. The van der Waals surface area contributed by atoms with Gasteiger partial charge in [-0.2, -0.15) is 0 Å². The molecule has 0 aliphatic carbocycles. The molecule has 0 spiro atoms. The van der Waals surface area contributed by atoms with Crippen LogP contribution in [0.1, 0.15) is 22.0 Å². The molecule has 0 fully saturated rings. The van der Waals surface area contributed by atoms with Gasteiger partial charge in [-0.3, -0.25) is 4.79 Å². The Morgan fingerprint density at radius 2 is 1.92 bits per heavy atom. The summed E-state index contributed by atoms with van der Waals surface area (Å²) < 4.78 is 31.7. The molecular formula is C20H17F2NO2S. The maximum Gasteiger partial charge on any atom is 0.258 e. The number of hydrogen-bond acceptors (Lipinski definition) is 3. The van der Waals surface area contributed by atoms with Crippen molar-refractivity contribution < 1.29 is 18.3 Å². The van der Waals surface area contributed by atoms with Gasteiger partial charge in [-0.05, 0) is 36.1 Å². The standard InChI is InChI=1S/C20H17F2NO2S/c1-13-4-6-14(7-5-13)20(18-3-2-10-26-18)23-19(24)12-25-17-9-8-15(21)11-16(17)22/h2-11,20H,12H2,1H3,(H,23,24). The Hall–Kier alpha value is -2.73. The molecule has 0 saturated heterocycles. The van der Waals surface area contributed by atoms with Crippen LogP contribution in [0.2, 0.25) is 0 Å². The van der Waals surface area contributed by atoms with Crippen LogP contribution in [-0.4, -0.2) is 12.5 Å². The molecule has 1 unspecified atom stereocenters. The van der Waals surface area contributed by atoms with Gasteiger partial charge in [-0.1, -0.05) is 35.9 Å². The molecule has 3 rings (SSSR count). The van der Waals surface area contributed by atoms with E-state index in [1.807, 2.05) is 48.7 Å². The fourth-order valence-corrected chi connectivity index (χ4v) is 3.27. The average molecular weight is 373 g/mol. The smallest absolute Gasteiger partial charge is 0.258 e. The minimum absolute atomic E-state index is 0.162. The molecule has 0 radical (unpaired) electrons. The van der Waals surface area contributed by atoms with E-state index in [9.17, 15) is 13.6 Å². The minimum Gasteiger partial charge on any atom is -0.481 e. The fourth-order valence-electron chi connectivity index (χ4n) is 2.47. The Balaban J connectivity index is 1.70. The second-order valence-corrected chi connectivity index (χ2v) is 6.77.